The molecule has 4 nitrogen and oxygen atoms in total. The van der Waals surface area contributed by atoms with Crippen molar-refractivity contribution in [2.24, 2.45) is 11.8 Å². The van der Waals surface area contributed by atoms with Crippen molar-refractivity contribution in [1.82, 2.24) is 5.32 Å². The number of methoxy groups -OCH3 is 1. The molecule has 0 saturated heterocycles. The summed E-state index contributed by atoms with van der Waals surface area (Å²) >= 11 is 0. The van der Waals surface area contributed by atoms with Gasteiger partial charge in [0, 0.05) is 19.4 Å². The molecule has 1 rings (SSSR count). The van der Waals surface area contributed by atoms with Crippen LogP contribution in [0.4, 0.5) is 0 Å². The zero-order valence-corrected chi connectivity index (χ0v) is 13.9. The molecule has 1 fully saturated rings. The fourth-order valence-electron chi connectivity index (χ4n) is 3.10. The van der Waals surface area contributed by atoms with Gasteiger partial charge in [0.15, 0.2) is 0 Å². The number of hydrogen-bond donors (Lipinski definition) is 1. The Labute approximate surface area is 124 Å². The van der Waals surface area contributed by atoms with Crippen LogP contribution < -0.4 is 5.32 Å². The van der Waals surface area contributed by atoms with E-state index in [1.54, 1.807) is 14.0 Å². The summed E-state index contributed by atoms with van der Waals surface area (Å²) in [6.07, 6.45) is 7.15. The second kappa shape index (κ2) is 9.74. The standard InChI is InChI=1S/C15H31NO3S/c1-3-20(17,18)12-6-9-15(13-16-10-11-19-2)14-7-4-5-8-14/h14-16H,3-13H2,1-2H3. The number of nitrogens with one attached hydrogen (secondary N) is 1. The van der Waals surface area contributed by atoms with Crippen molar-refractivity contribution < 1.29 is 13.2 Å². The van der Waals surface area contributed by atoms with E-state index in [2.05, 4.69) is 5.32 Å². The van der Waals surface area contributed by atoms with Gasteiger partial charge in [-0.1, -0.05) is 32.6 Å². The van der Waals surface area contributed by atoms with Gasteiger partial charge in [-0.05, 0) is 31.2 Å². The van der Waals surface area contributed by atoms with Crippen LogP contribution in [0.15, 0.2) is 0 Å². The normalized spacial score (nSPS) is 18.5. The highest BCUT2D eigenvalue weighted by molar-refractivity contribution is 7.91. The Balaban J connectivity index is 2.33. The first kappa shape index (κ1) is 17.9. The summed E-state index contributed by atoms with van der Waals surface area (Å²) in [7, 11) is -1.09. The van der Waals surface area contributed by atoms with Gasteiger partial charge >= 0.3 is 0 Å². The minimum absolute atomic E-state index is 0.271. The molecule has 0 heterocycles. The number of hydrogen-bond acceptors (Lipinski definition) is 4. The summed E-state index contributed by atoms with van der Waals surface area (Å²) in [5.41, 5.74) is 0. The summed E-state index contributed by atoms with van der Waals surface area (Å²) in [5.74, 6) is 2.04. The van der Waals surface area contributed by atoms with Gasteiger partial charge in [-0.15, -0.1) is 0 Å². The lowest BCUT2D eigenvalue weighted by atomic mass is 9.87. The predicted molar refractivity (Wildman–Crippen MR) is 83.8 cm³/mol. The minimum atomic E-state index is -2.81. The Bertz CT molecular complexity index is 337. The average molecular weight is 305 g/mol. The van der Waals surface area contributed by atoms with Gasteiger partial charge in [0.25, 0.3) is 0 Å². The van der Waals surface area contributed by atoms with Crippen LogP contribution in [-0.2, 0) is 14.6 Å². The second-order valence-electron chi connectivity index (χ2n) is 5.88. The third kappa shape index (κ3) is 7.04. The highest BCUT2D eigenvalue weighted by Gasteiger charge is 2.24. The quantitative estimate of drug-likeness (QED) is 0.595. The molecule has 0 aromatic heterocycles. The first-order valence-corrected chi connectivity index (χ1v) is 9.81. The topological polar surface area (TPSA) is 55.4 Å². The largest absolute Gasteiger partial charge is 0.383 e. The van der Waals surface area contributed by atoms with Gasteiger partial charge in [-0.2, -0.15) is 0 Å². The molecule has 0 bridgehead atoms. The lowest BCUT2D eigenvalue weighted by molar-refractivity contribution is 0.194. The van der Waals surface area contributed by atoms with E-state index in [1.165, 1.54) is 25.7 Å². The smallest absolute Gasteiger partial charge is 0.150 e. The zero-order valence-electron chi connectivity index (χ0n) is 13.1. The van der Waals surface area contributed by atoms with Crippen LogP contribution in [0.25, 0.3) is 0 Å². The average Bonchev–Trinajstić information content (AvgIpc) is 2.95. The van der Waals surface area contributed by atoms with Crippen molar-refractivity contribution in [2.75, 3.05) is 38.3 Å². The van der Waals surface area contributed by atoms with Crippen LogP contribution in [0.2, 0.25) is 0 Å². The fourth-order valence-corrected chi connectivity index (χ4v) is 4.00. The third-order valence-corrected chi connectivity index (χ3v) is 6.22. The van der Waals surface area contributed by atoms with Gasteiger partial charge in [0.2, 0.25) is 0 Å². The highest BCUT2D eigenvalue weighted by atomic mass is 32.2. The maximum absolute atomic E-state index is 11.6. The molecule has 1 atom stereocenters. The van der Waals surface area contributed by atoms with Crippen molar-refractivity contribution in [1.29, 1.82) is 0 Å². The number of rotatable bonds is 11. The van der Waals surface area contributed by atoms with Crippen LogP contribution in [0.3, 0.4) is 0 Å². The predicted octanol–water partition coefficient (Wildman–Crippen LogP) is 2.24. The Morgan fingerprint density at radius 1 is 1.30 bits per heavy atom. The third-order valence-electron chi connectivity index (χ3n) is 4.43. The van der Waals surface area contributed by atoms with Gasteiger partial charge in [0.1, 0.15) is 9.84 Å². The molecule has 20 heavy (non-hydrogen) atoms. The summed E-state index contributed by atoms with van der Waals surface area (Å²) in [6.45, 7) is 4.35. The van der Waals surface area contributed by atoms with Crippen LogP contribution >= 0.6 is 0 Å². The van der Waals surface area contributed by atoms with E-state index in [0.29, 0.717) is 11.7 Å². The van der Waals surface area contributed by atoms with E-state index in [-0.39, 0.29) is 5.75 Å². The Morgan fingerprint density at radius 3 is 2.60 bits per heavy atom. The fraction of sp³-hybridized carbons (Fsp3) is 1.00. The van der Waals surface area contributed by atoms with Crippen LogP contribution in [0.1, 0.15) is 45.4 Å². The first-order valence-electron chi connectivity index (χ1n) is 7.99. The second-order valence-corrected chi connectivity index (χ2v) is 8.35. The van der Waals surface area contributed by atoms with Crippen LogP contribution in [0, 0.1) is 11.8 Å². The van der Waals surface area contributed by atoms with Crippen molar-refractivity contribution in [3.8, 4) is 0 Å². The Morgan fingerprint density at radius 2 is 2.00 bits per heavy atom. The summed E-state index contributed by atoms with van der Waals surface area (Å²) < 4.78 is 28.2. The lowest BCUT2D eigenvalue weighted by Crippen LogP contribution is -2.30. The van der Waals surface area contributed by atoms with Crippen molar-refractivity contribution >= 4 is 9.84 Å². The maximum atomic E-state index is 11.6. The molecular weight excluding hydrogens is 274 g/mol. The Kier molecular flexibility index (Phi) is 8.73. The molecule has 0 amide bonds. The summed E-state index contributed by atoms with van der Waals surface area (Å²) in [6, 6.07) is 0. The van der Waals surface area contributed by atoms with Gasteiger partial charge in [0.05, 0.1) is 12.4 Å². The summed E-state index contributed by atoms with van der Waals surface area (Å²) in [4.78, 5) is 0. The van der Waals surface area contributed by atoms with E-state index in [1.807, 2.05) is 0 Å². The molecule has 1 aliphatic rings. The Hall–Kier alpha value is -0.130. The molecule has 5 heteroatoms. The van der Waals surface area contributed by atoms with Crippen molar-refractivity contribution in [2.45, 2.75) is 45.4 Å². The lowest BCUT2D eigenvalue weighted by Gasteiger charge is -2.24. The van der Waals surface area contributed by atoms with Crippen molar-refractivity contribution in [3.63, 3.8) is 0 Å². The number of ether oxygens (including phenoxy) is 1. The molecule has 0 aliphatic heterocycles. The molecular formula is C15H31NO3S. The molecule has 1 saturated carbocycles. The molecule has 0 aromatic rings. The first-order chi connectivity index (χ1) is 9.59. The van der Waals surface area contributed by atoms with Gasteiger partial charge < -0.3 is 10.1 Å². The number of sulfone groups is 1. The van der Waals surface area contributed by atoms with Gasteiger partial charge in [-0.25, -0.2) is 8.42 Å². The van der Waals surface area contributed by atoms with E-state index >= 15 is 0 Å². The molecule has 0 radical (unpaired) electrons. The molecule has 1 N–H and O–H groups in total. The molecule has 1 unspecified atom stereocenters. The molecule has 1 aliphatic carbocycles. The van der Waals surface area contributed by atoms with E-state index in [9.17, 15) is 8.42 Å². The van der Waals surface area contributed by atoms with Gasteiger partial charge in [-0.3, -0.25) is 0 Å². The van der Waals surface area contributed by atoms with E-state index in [0.717, 1.165) is 38.5 Å². The van der Waals surface area contributed by atoms with E-state index in [4.69, 9.17) is 4.74 Å². The monoisotopic (exact) mass is 305 g/mol. The SMILES string of the molecule is CCS(=O)(=O)CCCC(CNCCOC)C1CCCC1. The minimum Gasteiger partial charge on any atom is -0.383 e. The maximum Gasteiger partial charge on any atom is 0.150 e. The van der Waals surface area contributed by atoms with Crippen LogP contribution in [-0.4, -0.2) is 46.7 Å². The van der Waals surface area contributed by atoms with Crippen LogP contribution in [0.5, 0.6) is 0 Å². The molecule has 0 spiro atoms. The van der Waals surface area contributed by atoms with E-state index < -0.39 is 9.84 Å². The zero-order chi connectivity index (χ0) is 14.8. The summed E-state index contributed by atoms with van der Waals surface area (Å²) in [5, 5.41) is 3.45. The highest BCUT2D eigenvalue weighted by Crippen LogP contribution is 2.33. The molecule has 120 valence electrons. The van der Waals surface area contributed by atoms with Crippen molar-refractivity contribution in [3.05, 3.63) is 0 Å². The molecule has 0 aromatic carbocycles.